The minimum atomic E-state index is -1.07. The van der Waals surface area contributed by atoms with E-state index in [2.05, 4.69) is 27.5 Å². The van der Waals surface area contributed by atoms with Crippen LogP contribution in [0.3, 0.4) is 0 Å². The molecule has 0 spiro atoms. The number of furan rings is 1. The van der Waals surface area contributed by atoms with Crippen LogP contribution in [0.5, 0.6) is 5.88 Å². The third-order valence-corrected chi connectivity index (χ3v) is 4.24. The van der Waals surface area contributed by atoms with E-state index < -0.39 is 5.60 Å². The molecular formula is C21H33IN4O3. The highest BCUT2D eigenvalue weighted by molar-refractivity contribution is 14.0. The van der Waals surface area contributed by atoms with Crippen LogP contribution in [0, 0.1) is 13.8 Å². The van der Waals surface area contributed by atoms with Crippen LogP contribution < -0.4 is 15.4 Å². The molecule has 0 aliphatic carbocycles. The summed E-state index contributed by atoms with van der Waals surface area (Å²) in [5, 5.41) is 17.3. The van der Waals surface area contributed by atoms with Crippen LogP contribution >= 0.6 is 24.0 Å². The summed E-state index contributed by atoms with van der Waals surface area (Å²) >= 11 is 0. The molecule has 29 heavy (non-hydrogen) atoms. The number of hydrogen-bond acceptors (Lipinski definition) is 5. The average molecular weight is 516 g/mol. The monoisotopic (exact) mass is 516 g/mol. The van der Waals surface area contributed by atoms with E-state index in [-0.39, 0.29) is 24.0 Å². The van der Waals surface area contributed by atoms with E-state index in [9.17, 15) is 5.11 Å². The van der Waals surface area contributed by atoms with Gasteiger partial charge in [0.15, 0.2) is 5.96 Å². The third kappa shape index (κ3) is 7.85. The predicted octanol–water partition coefficient (Wildman–Crippen LogP) is 3.66. The summed E-state index contributed by atoms with van der Waals surface area (Å²) in [5.74, 6) is 2.77. The molecule has 2 rings (SSSR count). The van der Waals surface area contributed by atoms with Crippen molar-refractivity contribution in [3.05, 3.63) is 47.0 Å². The molecule has 7 nitrogen and oxygen atoms in total. The molecule has 0 aliphatic heterocycles. The standard InChI is InChI=1S/C21H32N4O3.HI/c1-6-10-27-19-9-8-17(12-23-19)13-24-20(22-7-2)25-14-21(5,26)18-11-15(3)28-16(18)4;/h8-9,11-12,26H,6-7,10,13-14H2,1-5H3,(H2,22,24,25);1H. The minimum Gasteiger partial charge on any atom is -0.478 e. The number of rotatable bonds is 9. The number of nitrogens with zero attached hydrogens (tertiary/aromatic N) is 2. The maximum Gasteiger partial charge on any atom is 0.213 e. The second-order valence-corrected chi connectivity index (χ2v) is 7.00. The largest absolute Gasteiger partial charge is 0.478 e. The zero-order valence-electron chi connectivity index (χ0n) is 17.9. The van der Waals surface area contributed by atoms with E-state index >= 15 is 0 Å². The minimum absolute atomic E-state index is 0. The number of hydrogen-bond donors (Lipinski definition) is 3. The molecule has 2 aromatic rings. The molecular weight excluding hydrogens is 483 g/mol. The van der Waals surface area contributed by atoms with E-state index in [0.717, 1.165) is 35.6 Å². The number of halogens is 1. The number of guanidine groups is 1. The highest BCUT2D eigenvalue weighted by Crippen LogP contribution is 2.26. The Morgan fingerprint density at radius 3 is 2.59 bits per heavy atom. The molecule has 2 heterocycles. The first kappa shape index (κ1) is 25.2. The molecule has 0 fully saturated rings. The summed E-state index contributed by atoms with van der Waals surface area (Å²) in [6.07, 6.45) is 2.72. The zero-order chi connectivity index (χ0) is 20.6. The molecule has 162 valence electrons. The van der Waals surface area contributed by atoms with Crippen molar-refractivity contribution in [1.82, 2.24) is 15.6 Å². The number of aromatic nitrogens is 1. The Morgan fingerprint density at radius 1 is 1.28 bits per heavy atom. The predicted molar refractivity (Wildman–Crippen MR) is 126 cm³/mol. The van der Waals surface area contributed by atoms with Crippen LogP contribution in [0.1, 0.15) is 49.8 Å². The van der Waals surface area contributed by atoms with Gasteiger partial charge in [0.2, 0.25) is 5.88 Å². The Kier molecular flexibility index (Phi) is 10.5. The molecule has 0 aliphatic rings. The topological polar surface area (TPSA) is 91.9 Å². The van der Waals surface area contributed by atoms with Crippen LogP contribution in [0.15, 0.2) is 33.8 Å². The summed E-state index contributed by atoms with van der Waals surface area (Å²) in [6, 6.07) is 5.68. The number of nitrogens with one attached hydrogen (secondary N) is 2. The van der Waals surface area contributed by atoms with Crippen molar-refractivity contribution in [2.24, 2.45) is 4.99 Å². The normalized spacial score (nSPS) is 13.4. The van der Waals surface area contributed by atoms with Gasteiger partial charge in [-0.3, -0.25) is 0 Å². The summed E-state index contributed by atoms with van der Waals surface area (Å²) in [4.78, 5) is 8.87. The van der Waals surface area contributed by atoms with Gasteiger partial charge in [0.25, 0.3) is 0 Å². The van der Waals surface area contributed by atoms with Crippen molar-refractivity contribution in [3.63, 3.8) is 0 Å². The maximum atomic E-state index is 10.9. The van der Waals surface area contributed by atoms with Gasteiger partial charge in [0, 0.05) is 24.4 Å². The molecule has 0 radical (unpaired) electrons. The quantitative estimate of drug-likeness (QED) is 0.268. The third-order valence-electron chi connectivity index (χ3n) is 4.24. The molecule has 1 unspecified atom stereocenters. The number of aliphatic imine (C=N–C) groups is 1. The number of aliphatic hydroxyl groups is 1. The molecule has 0 bridgehead atoms. The van der Waals surface area contributed by atoms with Gasteiger partial charge in [-0.15, -0.1) is 24.0 Å². The van der Waals surface area contributed by atoms with Gasteiger partial charge in [-0.05, 0) is 45.7 Å². The number of ether oxygens (including phenoxy) is 1. The van der Waals surface area contributed by atoms with E-state index in [0.29, 0.717) is 31.5 Å². The molecule has 3 N–H and O–H groups in total. The van der Waals surface area contributed by atoms with Crippen molar-refractivity contribution >= 4 is 29.9 Å². The lowest BCUT2D eigenvalue weighted by atomic mass is 9.96. The fourth-order valence-electron chi connectivity index (χ4n) is 2.83. The maximum absolute atomic E-state index is 10.9. The van der Waals surface area contributed by atoms with Gasteiger partial charge in [-0.1, -0.05) is 13.0 Å². The highest BCUT2D eigenvalue weighted by atomic mass is 127. The molecule has 2 aromatic heterocycles. The lowest BCUT2D eigenvalue weighted by molar-refractivity contribution is 0.0601. The summed E-state index contributed by atoms with van der Waals surface area (Å²) in [6.45, 7) is 11.7. The van der Waals surface area contributed by atoms with Crippen LogP contribution in [0.4, 0.5) is 0 Å². The number of aryl methyl sites for hydroxylation is 2. The highest BCUT2D eigenvalue weighted by Gasteiger charge is 2.27. The number of pyridine rings is 1. The Hall–Kier alpha value is -1.81. The van der Waals surface area contributed by atoms with Crippen molar-refractivity contribution in [2.75, 3.05) is 19.7 Å². The molecule has 0 saturated carbocycles. The summed E-state index contributed by atoms with van der Waals surface area (Å²) in [5.41, 5.74) is 0.687. The van der Waals surface area contributed by atoms with Gasteiger partial charge < -0.3 is 24.9 Å². The smallest absolute Gasteiger partial charge is 0.213 e. The van der Waals surface area contributed by atoms with Gasteiger partial charge >= 0.3 is 0 Å². The van der Waals surface area contributed by atoms with Gasteiger partial charge in [-0.25, -0.2) is 9.98 Å². The van der Waals surface area contributed by atoms with Crippen LogP contribution in [0.25, 0.3) is 0 Å². The lowest BCUT2D eigenvalue weighted by Crippen LogP contribution is -2.44. The van der Waals surface area contributed by atoms with E-state index in [4.69, 9.17) is 9.15 Å². The van der Waals surface area contributed by atoms with Crippen LogP contribution in [-0.4, -0.2) is 35.7 Å². The molecule has 8 heteroatoms. The molecule has 0 saturated heterocycles. The fourth-order valence-corrected chi connectivity index (χ4v) is 2.83. The first-order chi connectivity index (χ1) is 13.4. The first-order valence-electron chi connectivity index (χ1n) is 9.75. The van der Waals surface area contributed by atoms with Crippen LogP contribution in [0.2, 0.25) is 0 Å². The average Bonchev–Trinajstić information content (AvgIpc) is 3.02. The fraction of sp³-hybridized carbons (Fsp3) is 0.524. The van der Waals surface area contributed by atoms with Crippen molar-refractivity contribution < 1.29 is 14.3 Å². The first-order valence-corrected chi connectivity index (χ1v) is 9.75. The summed E-state index contributed by atoms with van der Waals surface area (Å²) in [7, 11) is 0. The Balaban J connectivity index is 0.00000420. The Labute approximate surface area is 190 Å². The zero-order valence-corrected chi connectivity index (χ0v) is 20.2. The molecule has 1 atom stereocenters. The molecule has 0 amide bonds. The lowest BCUT2D eigenvalue weighted by Gasteiger charge is -2.24. The van der Waals surface area contributed by atoms with Crippen molar-refractivity contribution in [3.8, 4) is 5.88 Å². The van der Waals surface area contributed by atoms with Crippen molar-refractivity contribution in [2.45, 2.75) is 53.2 Å². The SMILES string of the molecule is CCCOc1ccc(CN=C(NCC)NCC(C)(O)c2cc(C)oc2C)cn1.I. The second kappa shape index (κ2) is 12.0. The second-order valence-electron chi connectivity index (χ2n) is 7.00. The van der Waals surface area contributed by atoms with Gasteiger partial charge in [0.05, 0.1) is 19.7 Å². The molecule has 0 aromatic carbocycles. The van der Waals surface area contributed by atoms with E-state index in [1.54, 1.807) is 13.1 Å². The van der Waals surface area contributed by atoms with E-state index in [1.807, 2.05) is 39.0 Å². The Morgan fingerprint density at radius 2 is 2.03 bits per heavy atom. The Bertz CT molecular complexity index is 773. The van der Waals surface area contributed by atoms with Crippen molar-refractivity contribution in [1.29, 1.82) is 0 Å². The van der Waals surface area contributed by atoms with Crippen LogP contribution in [-0.2, 0) is 12.1 Å². The van der Waals surface area contributed by atoms with Gasteiger partial charge in [-0.2, -0.15) is 0 Å². The summed E-state index contributed by atoms with van der Waals surface area (Å²) < 4.78 is 11.0. The van der Waals surface area contributed by atoms with Gasteiger partial charge in [0.1, 0.15) is 17.1 Å². The van der Waals surface area contributed by atoms with E-state index in [1.165, 1.54) is 0 Å².